The normalized spacial score (nSPS) is 13.4. The molecule has 0 aliphatic heterocycles. The minimum Gasteiger partial charge on any atom is -0.394 e. The number of hydrogen-bond acceptors (Lipinski definition) is 3. The van der Waals surface area contributed by atoms with Crippen molar-refractivity contribution >= 4 is 5.91 Å². The Labute approximate surface area is 362 Å². The number of aliphatic hydroxyl groups excluding tert-OH is 2. The van der Waals surface area contributed by atoms with Crippen molar-refractivity contribution in [2.24, 2.45) is 0 Å². The highest BCUT2D eigenvalue weighted by atomic mass is 16.3. The second-order valence-corrected chi connectivity index (χ2v) is 17.2. The molecule has 0 spiro atoms. The van der Waals surface area contributed by atoms with Crippen molar-refractivity contribution in [3.8, 4) is 0 Å². The third kappa shape index (κ3) is 45.2. The summed E-state index contributed by atoms with van der Waals surface area (Å²) in [7, 11) is 0. The van der Waals surface area contributed by atoms with Gasteiger partial charge in [-0.25, -0.2) is 0 Å². The molecule has 0 saturated carbocycles. The maximum absolute atomic E-state index is 12.4. The topological polar surface area (TPSA) is 69.6 Å². The molecule has 2 atom stereocenters. The zero-order valence-corrected chi connectivity index (χ0v) is 38.8. The van der Waals surface area contributed by atoms with E-state index in [4.69, 9.17) is 0 Å². The monoisotopic (exact) mass is 810 g/mol. The van der Waals surface area contributed by atoms with Gasteiger partial charge in [0.1, 0.15) is 0 Å². The Hall–Kier alpha value is -1.91. The van der Waals surface area contributed by atoms with Gasteiger partial charge in [-0.3, -0.25) is 4.79 Å². The van der Waals surface area contributed by atoms with Crippen LogP contribution in [0.5, 0.6) is 0 Å². The predicted octanol–water partition coefficient (Wildman–Crippen LogP) is 16.5. The fourth-order valence-electron chi connectivity index (χ4n) is 7.55. The first-order valence-corrected chi connectivity index (χ1v) is 25.5. The summed E-state index contributed by atoms with van der Waals surface area (Å²) in [5.74, 6) is -0.0757. The maximum Gasteiger partial charge on any atom is 0.220 e. The molecule has 0 aromatic heterocycles. The lowest BCUT2D eigenvalue weighted by Gasteiger charge is -2.19. The molecular weight excluding hydrogens is 711 g/mol. The van der Waals surface area contributed by atoms with Gasteiger partial charge in [0.05, 0.1) is 18.8 Å². The zero-order valence-electron chi connectivity index (χ0n) is 38.8. The molecule has 0 rings (SSSR count). The number of nitrogens with one attached hydrogen (secondary N) is 1. The molecule has 0 aliphatic carbocycles. The van der Waals surface area contributed by atoms with Gasteiger partial charge in [-0.05, 0) is 70.6 Å². The number of allylic oxidation sites excluding steroid dienone is 9. The summed E-state index contributed by atoms with van der Waals surface area (Å²) < 4.78 is 0. The van der Waals surface area contributed by atoms with Gasteiger partial charge < -0.3 is 15.5 Å². The van der Waals surface area contributed by atoms with Crippen LogP contribution < -0.4 is 5.32 Å². The molecule has 2 unspecified atom stereocenters. The summed E-state index contributed by atoms with van der Waals surface area (Å²) in [5, 5.41) is 23.1. The lowest BCUT2D eigenvalue weighted by molar-refractivity contribution is -0.123. The van der Waals surface area contributed by atoms with Crippen molar-refractivity contribution in [1.82, 2.24) is 5.32 Å². The van der Waals surface area contributed by atoms with Crippen molar-refractivity contribution in [3.05, 3.63) is 60.8 Å². The van der Waals surface area contributed by atoms with Gasteiger partial charge in [0.2, 0.25) is 5.91 Å². The van der Waals surface area contributed by atoms with E-state index in [0.29, 0.717) is 6.42 Å². The molecule has 58 heavy (non-hydrogen) atoms. The minimum absolute atomic E-state index is 0.0757. The zero-order chi connectivity index (χ0) is 42.1. The largest absolute Gasteiger partial charge is 0.394 e. The van der Waals surface area contributed by atoms with Crippen molar-refractivity contribution in [3.63, 3.8) is 0 Å². The first-order valence-electron chi connectivity index (χ1n) is 25.5. The van der Waals surface area contributed by atoms with Crippen LogP contribution in [0.15, 0.2) is 60.8 Å². The van der Waals surface area contributed by atoms with E-state index in [9.17, 15) is 15.0 Å². The quantitative estimate of drug-likeness (QED) is 0.0424. The number of hydrogen-bond donors (Lipinski definition) is 3. The van der Waals surface area contributed by atoms with Crippen molar-refractivity contribution in [2.45, 2.75) is 270 Å². The van der Waals surface area contributed by atoms with E-state index >= 15 is 0 Å². The average molecular weight is 810 g/mol. The predicted molar refractivity (Wildman–Crippen MR) is 258 cm³/mol. The molecule has 0 aliphatic rings. The van der Waals surface area contributed by atoms with Gasteiger partial charge in [0.25, 0.3) is 0 Å². The van der Waals surface area contributed by atoms with Gasteiger partial charge in [0.15, 0.2) is 0 Å². The Morgan fingerprint density at radius 3 is 1.12 bits per heavy atom. The highest BCUT2D eigenvalue weighted by molar-refractivity contribution is 5.76. The third-order valence-corrected chi connectivity index (χ3v) is 11.5. The number of carbonyl (C=O) groups excluding carboxylic acids is 1. The van der Waals surface area contributed by atoms with Crippen molar-refractivity contribution < 1.29 is 15.0 Å². The molecule has 0 heterocycles. The van der Waals surface area contributed by atoms with Crippen LogP contribution in [-0.2, 0) is 4.79 Å². The number of amides is 1. The second kappa shape index (κ2) is 49.5. The van der Waals surface area contributed by atoms with Gasteiger partial charge in [-0.15, -0.1) is 0 Å². The minimum atomic E-state index is -0.865. The van der Waals surface area contributed by atoms with Crippen LogP contribution in [0.1, 0.15) is 258 Å². The molecule has 1 amide bonds. The van der Waals surface area contributed by atoms with Crippen LogP contribution in [-0.4, -0.2) is 34.9 Å². The molecule has 4 nitrogen and oxygen atoms in total. The Morgan fingerprint density at radius 1 is 0.414 bits per heavy atom. The molecule has 0 bridgehead atoms. The van der Waals surface area contributed by atoms with Crippen LogP contribution in [0.25, 0.3) is 0 Å². The molecule has 3 N–H and O–H groups in total. The van der Waals surface area contributed by atoms with Crippen LogP contribution >= 0.6 is 0 Å². The fourth-order valence-corrected chi connectivity index (χ4v) is 7.55. The first-order chi connectivity index (χ1) is 28.7. The molecule has 0 fully saturated rings. The molecule has 338 valence electrons. The van der Waals surface area contributed by atoms with Crippen LogP contribution in [0.3, 0.4) is 0 Å². The summed E-state index contributed by atoms with van der Waals surface area (Å²) >= 11 is 0. The Balaban J connectivity index is 3.57. The van der Waals surface area contributed by atoms with Gasteiger partial charge >= 0.3 is 0 Å². The number of unbranched alkanes of at least 4 members (excludes halogenated alkanes) is 31. The van der Waals surface area contributed by atoms with Gasteiger partial charge in [-0.1, -0.05) is 242 Å². The number of rotatable bonds is 46. The lowest BCUT2D eigenvalue weighted by Crippen LogP contribution is -2.45. The summed E-state index contributed by atoms with van der Waals surface area (Å²) in [6.45, 7) is 4.30. The molecule has 0 saturated heterocycles. The molecule has 0 aromatic carbocycles. The lowest BCUT2D eigenvalue weighted by atomic mass is 10.0. The average Bonchev–Trinajstić information content (AvgIpc) is 3.23. The molecule has 4 heteroatoms. The van der Waals surface area contributed by atoms with E-state index < -0.39 is 12.1 Å². The van der Waals surface area contributed by atoms with Crippen LogP contribution in [0, 0.1) is 0 Å². The highest BCUT2D eigenvalue weighted by Crippen LogP contribution is 2.15. The van der Waals surface area contributed by atoms with Crippen molar-refractivity contribution in [1.29, 1.82) is 0 Å². The second-order valence-electron chi connectivity index (χ2n) is 17.2. The summed E-state index contributed by atoms with van der Waals surface area (Å²) in [6, 6.07) is -0.642. The first kappa shape index (κ1) is 56.1. The maximum atomic E-state index is 12.4. The summed E-state index contributed by atoms with van der Waals surface area (Å²) in [5.41, 5.74) is 0. The van der Waals surface area contributed by atoms with Crippen LogP contribution in [0.2, 0.25) is 0 Å². The Bertz CT molecular complexity index is 965. The van der Waals surface area contributed by atoms with Gasteiger partial charge in [0, 0.05) is 6.42 Å². The van der Waals surface area contributed by atoms with E-state index in [1.165, 1.54) is 193 Å². The number of carbonyl (C=O) groups is 1. The molecule has 0 aromatic rings. The fraction of sp³-hybridized carbons (Fsp3) is 0.796. The van der Waals surface area contributed by atoms with Gasteiger partial charge in [-0.2, -0.15) is 0 Å². The van der Waals surface area contributed by atoms with E-state index in [1.54, 1.807) is 6.08 Å². The Morgan fingerprint density at radius 2 is 0.724 bits per heavy atom. The van der Waals surface area contributed by atoms with E-state index in [1.807, 2.05) is 6.08 Å². The number of aliphatic hydroxyl groups is 2. The molecular formula is C54H99NO3. The highest BCUT2D eigenvalue weighted by Gasteiger charge is 2.17. The van der Waals surface area contributed by atoms with Crippen LogP contribution in [0.4, 0.5) is 0 Å². The standard InChI is InChI=1S/C54H99NO3/c1-3-5-7-9-11-13-15-17-19-21-23-24-25-26-27-28-29-30-32-34-36-38-40-42-44-46-48-50-54(58)55-52(51-56)53(57)49-47-45-43-41-39-37-35-33-31-22-20-18-16-14-12-10-8-6-4-2/h15,17,21,23,25-26,39,41,47,49,52-53,56-57H,3-14,16,18-20,22,24,27-38,40,42-46,48,50-51H2,1-2H3,(H,55,58)/b17-15-,23-21-,26-25-,41-39+,49-47+. The van der Waals surface area contributed by atoms with E-state index in [2.05, 4.69) is 67.8 Å². The molecule has 0 radical (unpaired) electrons. The third-order valence-electron chi connectivity index (χ3n) is 11.5. The van der Waals surface area contributed by atoms with E-state index in [-0.39, 0.29) is 12.5 Å². The summed E-state index contributed by atoms with van der Waals surface area (Å²) in [4.78, 5) is 12.4. The SMILES string of the molecule is CCCCCCC/C=C\C/C=C\C/C=C\CCCCCCCCCCCCCCC(=O)NC(CO)C(O)/C=C/CC/C=C/CCCCCCCCCCCCCCC. The summed E-state index contributed by atoms with van der Waals surface area (Å²) in [6.07, 6.45) is 69.2. The van der Waals surface area contributed by atoms with Crippen molar-refractivity contribution in [2.75, 3.05) is 6.61 Å². The van der Waals surface area contributed by atoms with E-state index in [0.717, 1.165) is 44.9 Å². The Kier molecular flexibility index (Phi) is 47.8. The smallest absolute Gasteiger partial charge is 0.220 e.